The number of benzene rings is 1. The maximum Gasteiger partial charge on any atom is 0.159 e. The van der Waals surface area contributed by atoms with E-state index in [0.717, 1.165) is 28.6 Å². The minimum absolute atomic E-state index is 0.0659. The molecule has 19 heavy (non-hydrogen) atoms. The average Bonchev–Trinajstić information content (AvgIpc) is 2.69. The highest BCUT2D eigenvalue weighted by atomic mass is 19.2. The minimum atomic E-state index is -0.822. The summed E-state index contributed by atoms with van der Waals surface area (Å²) in [6.45, 7) is 6.44. The molecule has 102 valence electrons. The van der Waals surface area contributed by atoms with Crippen molar-refractivity contribution in [2.24, 2.45) is 0 Å². The van der Waals surface area contributed by atoms with Crippen LogP contribution in [0.5, 0.6) is 0 Å². The van der Waals surface area contributed by atoms with Crippen LogP contribution in [0.4, 0.5) is 8.78 Å². The number of aromatic nitrogens is 2. The van der Waals surface area contributed by atoms with Crippen LogP contribution in [-0.2, 0) is 6.54 Å². The highest BCUT2D eigenvalue weighted by Crippen LogP contribution is 2.17. The molecule has 0 aliphatic heterocycles. The number of aryl methyl sites for hydroxylation is 2. The summed E-state index contributed by atoms with van der Waals surface area (Å²) >= 11 is 0. The molecular formula is C14H17F2N3. The molecule has 0 saturated carbocycles. The second-order valence-electron chi connectivity index (χ2n) is 4.69. The van der Waals surface area contributed by atoms with E-state index in [1.807, 2.05) is 20.8 Å². The molecule has 2 rings (SSSR count). The van der Waals surface area contributed by atoms with E-state index in [0.29, 0.717) is 6.54 Å². The van der Waals surface area contributed by atoms with Gasteiger partial charge in [-0.1, -0.05) is 6.07 Å². The van der Waals surface area contributed by atoms with Crippen LogP contribution in [-0.4, -0.2) is 10.2 Å². The summed E-state index contributed by atoms with van der Waals surface area (Å²) in [4.78, 5) is 0. The van der Waals surface area contributed by atoms with E-state index in [2.05, 4.69) is 15.5 Å². The molecule has 2 aromatic rings. The Morgan fingerprint density at radius 2 is 2.00 bits per heavy atom. The van der Waals surface area contributed by atoms with Gasteiger partial charge in [0.2, 0.25) is 0 Å². The van der Waals surface area contributed by atoms with Crippen LogP contribution < -0.4 is 5.32 Å². The zero-order chi connectivity index (χ0) is 14.0. The van der Waals surface area contributed by atoms with Crippen molar-refractivity contribution in [2.75, 3.05) is 0 Å². The van der Waals surface area contributed by atoms with E-state index < -0.39 is 11.6 Å². The molecule has 0 radical (unpaired) electrons. The van der Waals surface area contributed by atoms with Gasteiger partial charge in [-0.3, -0.25) is 5.10 Å². The van der Waals surface area contributed by atoms with Gasteiger partial charge in [-0.25, -0.2) is 8.78 Å². The van der Waals surface area contributed by atoms with E-state index >= 15 is 0 Å². The summed E-state index contributed by atoms with van der Waals surface area (Å²) in [6.07, 6.45) is 0. The highest BCUT2D eigenvalue weighted by molar-refractivity contribution is 5.24. The van der Waals surface area contributed by atoms with Crippen LogP contribution in [0.2, 0.25) is 0 Å². The summed E-state index contributed by atoms with van der Waals surface area (Å²) in [5.74, 6) is -1.64. The van der Waals surface area contributed by atoms with E-state index in [1.165, 1.54) is 6.07 Å². The lowest BCUT2D eigenvalue weighted by Crippen LogP contribution is -2.19. The lowest BCUT2D eigenvalue weighted by atomic mass is 10.1. The Labute approximate surface area is 111 Å². The molecular weight excluding hydrogens is 248 g/mol. The average molecular weight is 265 g/mol. The Bertz CT molecular complexity index is 559. The first kappa shape index (κ1) is 13.7. The van der Waals surface area contributed by atoms with Crippen molar-refractivity contribution >= 4 is 0 Å². The normalized spacial score (nSPS) is 12.7. The summed E-state index contributed by atoms with van der Waals surface area (Å²) in [5, 5.41) is 10.3. The van der Waals surface area contributed by atoms with E-state index in [4.69, 9.17) is 0 Å². The zero-order valence-electron chi connectivity index (χ0n) is 11.2. The van der Waals surface area contributed by atoms with E-state index in [1.54, 1.807) is 6.07 Å². The van der Waals surface area contributed by atoms with Crippen LogP contribution in [0.3, 0.4) is 0 Å². The van der Waals surface area contributed by atoms with E-state index in [-0.39, 0.29) is 6.04 Å². The molecule has 1 aromatic carbocycles. The first-order valence-corrected chi connectivity index (χ1v) is 6.18. The van der Waals surface area contributed by atoms with Gasteiger partial charge >= 0.3 is 0 Å². The lowest BCUT2D eigenvalue weighted by Gasteiger charge is -2.14. The third-order valence-corrected chi connectivity index (χ3v) is 3.31. The Hall–Kier alpha value is -1.75. The Morgan fingerprint density at radius 3 is 2.58 bits per heavy atom. The molecule has 0 aliphatic carbocycles. The number of H-pyrrole nitrogens is 1. The van der Waals surface area contributed by atoms with Gasteiger partial charge < -0.3 is 5.32 Å². The topological polar surface area (TPSA) is 40.7 Å². The van der Waals surface area contributed by atoms with Crippen molar-refractivity contribution in [3.63, 3.8) is 0 Å². The number of nitrogens with one attached hydrogen (secondary N) is 2. The third kappa shape index (κ3) is 2.98. The van der Waals surface area contributed by atoms with Gasteiger partial charge in [0.25, 0.3) is 0 Å². The first-order chi connectivity index (χ1) is 8.99. The van der Waals surface area contributed by atoms with Crippen molar-refractivity contribution < 1.29 is 8.78 Å². The number of hydrogen-bond acceptors (Lipinski definition) is 2. The zero-order valence-corrected chi connectivity index (χ0v) is 11.2. The predicted molar refractivity (Wildman–Crippen MR) is 69.7 cm³/mol. The van der Waals surface area contributed by atoms with Crippen molar-refractivity contribution in [2.45, 2.75) is 33.4 Å². The van der Waals surface area contributed by atoms with Crippen molar-refractivity contribution in [3.05, 3.63) is 52.3 Å². The molecule has 0 spiro atoms. The van der Waals surface area contributed by atoms with Gasteiger partial charge in [0, 0.05) is 23.8 Å². The SMILES string of the molecule is Cc1n[nH]c(C)c1CNC(C)c1ccc(F)c(F)c1. The molecule has 0 bridgehead atoms. The van der Waals surface area contributed by atoms with E-state index in [9.17, 15) is 8.78 Å². The standard InChI is InChI=1S/C14H17F2N3/c1-8(11-4-5-13(15)14(16)6-11)17-7-12-9(2)18-19-10(12)3/h4-6,8,17H,7H2,1-3H3,(H,18,19). The molecule has 0 fully saturated rings. The lowest BCUT2D eigenvalue weighted by molar-refractivity contribution is 0.500. The second-order valence-corrected chi connectivity index (χ2v) is 4.69. The second kappa shape index (κ2) is 5.48. The van der Waals surface area contributed by atoms with Gasteiger partial charge in [0.1, 0.15) is 0 Å². The van der Waals surface area contributed by atoms with Crippen molar-refractivity contribution in [1.82, 2.24) is 15.5 Å². The molecule has 5 heteroatoms. The largest absolute Gasteiger partial charge is 0.306 e. The third-order valence-electron chi connectivity index (χ3n) is 3.31. The highest BCUT2D eigenvalue weighted by Gasteiger charge is 2.11. The Balaban J connectivity index is 2.05. The molecule has 1 atom stereocenters. The molecule has 0 amide bonds. The molecule has 0 saturated heterocycles. The van der Waals surface area contributed by atoms with Crippen LogP contribution >= 0.6 is 0 Å². The molecule has 0 aliphatic rings. The predicted octanol–water partition coefficient (Wildman–Crippen LogP) is 3.16. The van der Waals surface area contributed by atoms with Crippen LogP contribution in [0, 0.1) is 25.5 Å². The fraction of sp³-hybridized carbons (Fsp3) is 0.357. The smallest absolute Gasteiger partial charge is 0.159 e. The van der Waals surface area contributed by atoms with Gasteiger partial charge in [-0.05, 0) is 38.5 Å². The fourth-order valence-corrected chi connectivity index (χ4v) is 1.99. The van der Waals surface area contributed by atoms with Crippen LogP contribution in [0.25, 0.3) is 0 Å². The maximum atomic E-state index is 13.2. The van der Waals surface area contributed by atoms with Gasteiger partial charge in [0.15, 0.2) is 11.6 Å². The van der Waals surface area contributed by atoms with Gasteiger partial charge in [0.05, 0.1) is 5.69 Å². The fourth-order valence-electron chi connectivity index (χ4n) is 1.99. The van der Waals surface area contributed by atoms with Crippen molar-refractivity contribution in [3.8, 4) is 0 Å². The number of nitrogens with zero attached hydrogens (tertiary/aromatic N) is 1. The maximum absolute atomic E-state index is 13.2. The molecule has 3 nitrogen and oxygen atoms in total. The number of hydrogen-bond donors (Lipinski definition) is 2. The van der Waals surface area contributed by atoms with Crippen molar-refractivity contribution in [1.29, 1.82) is 0 Å². The van der Waals surface area contributed by atoms with Gasteiger partial charge in [-0.15, -0.1) is 0 Å². The number of aromatic amines is 1. The number of halogens is 2. The quantitative estimate of drug-likeness (QED) is 0.891. The van der Waals surface area contributed by atoms with Crippen LogP contribution in [0.1, 0.15) is 35.5 Å². The van der Waals surface area contributed by atoms with Gasteiger partial charge in [-0.2, -0.15) is 5.10 Å². The summed E-state index contributed by atoms with van der Waals surface area (Å²) < 4.78 is 26.0. The minimum Gasteiger partial charge on any atom is -0.306 e. The Morgan fingerprint density at radius 1 is 1.26 bits per heavy atom. The number of rotatable bonds is 4. The monoisotopic (exact) mass is 265 g/mol. The molecule has 1 unspecified atom stereocenters. The summed E-state index contributed by atoms with van der Waals surface area (Å²) in [6, 6.07) is 3.90. The summed E-state index contributed by atoms with van der Waals surface area (Å²) in [5.41, 5.74) is 3.79. The molecule has 1 aromatic heterocycles. The first-order valence-electron chi connectivity index (χ1n) is 6.18. The molecule has 1 heterocycles. The molecule has 2 N–H and O–H groups in total. The Kier molecular flexibility index (Phi) is 3.95. The summed E-state index contributed by atoms with van der Waals surface area (Å²) in [7, 11) is 0. The van der Waals surface area contributed by atoms with Crippen LogP contribution in [0.15, 0.2) is 18.2 Å².